The first-order valence-corrected chi connectivity index (χ1v) is 12.0. The third-order valence-corrected chi connectivity index (χ3v) is 7.68. The van der Waals surface area contributed by atoms with Gasteiger partial charge in [0, 0.05) is 44.4 Å². The van der Waals surface area contributed by atoms with Crippen LogP contribution in [0.25, 0.3) is 5.69 Å². The molecule has 1 amide bonds. The highest BCUT2D eigenvalue weighted by atomic mass is 32.2. The summed E-state index contributed by atoms with van der Waals surface area (Å²) < 4.78 is 55.1. The lowest BCUT2D eigenvalue weighted by Gasteiger charge is -2.32. The Morgan fingerprint density at radius 2 is 1.79 bits per heavy atom. The van der Waals surface area contributed by atoms with Crippen LogP contribution in [0.4, 0.5) is 8.78 Å². The Bertz CT molecular complexity index is 1240. The van der Waals surface area contributed by atoms with Crippen LogP contribution in [0.2, 0.25) is 0 Å². The Labute approximate surface area is 191 Å². The lowest BCUT2D eigenvalue weighted by molar-refractivity contribution is -0.135. The van der Waals surface area contributed by atoms with E-state index in [9.17, 15) is 22.0 Å². The van der Waals surface area contributed by atoms with E-state index in [1.165, 1.54) is 4.31 Å². The molecule has 0 saturated carbocycles. The first kappa shape index (κ1) is 23.1. The number of nitrogens with zero attached hydrogens (tertiary/aromatic N) is 4. The van der Waals surface area contributed by atoms with Gasteiger partial charge in [0.05, 0.1) is 16.8 Å². The molecule has 7 nitrogen and oxygen atoms in total. The molecule has 1 aliphatic rings. The summed E-state index contributed by atoms with van der Waals surface area (Å²) in [5, 5.41) is 4.34. The lowest BCUT2D eigenvalue weighted by atomic mass is 9.96. The van der Waals surface area contributed by atoms with Crippen molar-refractivity contribution in [3.8, 4) is 5.69 Å². The molecule has 0 aliphatic carbocycles. The van der Waals surface area contributed by atoms with Gasteiger partial charge in [-0.25, -0.2) is 21.9 Å². The topological polar surface area (TPSA) is 75.5 Å². The monoisotopic (exact) mass is 474 g/mol. The van der Waals surface area contributed by atoms with E-state index in [1.54, 1.807) is 22.8 Å². The summed E-state index contributed by atoms with van der Waals surface area (Å²) >= 11 is 0. The van der Waals surface area contributed by atoms with E-state index in [-0.39, 0.29) is 29.8 Å². The van der Waals surface area contributed by atoms with Gasteiger partial charge in [-0.15, -0.1) is 0 Å². The Morgan fingerprint density at radius 1 is 1.09 bits per heavy atom. The van der Waals surface area contributed by atoms with Crippen LogP contribution in [-0.4, -0.2) is 53.4 Å². The van der Waals surface area contributed by atoms with Gasteiger partial charge in [-0.05, 0) is 43.2 Å². The zero-order chi connectivity index (χ0) is 23.6. The fraction of sp³-hybridized carbons (Fsp3) is 0.304. The van der Waals surface area contributed by atoms with Gasteiger partial charge in [-0.1, -0.05) is 18.2 Å². The second-order valence-corrected chi connectivity index (χ2v) is 10.0. The molecule has 4 rings (SSSR count). The molecule has 1 fully saturated rings. The number of hydrogen-bond acceptors (Lipinski definition) is 4. The van der Waals surface area contributed by atoms with Gasteiger partial charge in [-0.2, -0.15) is 9.40 Å². The second kappa shape index (κ2) is 9.40. The van der Waals surface area contributed by atoms with Gasteiger partial charge in [0.15, 0.2) is 11.6 Å². The van der Waals surface area contributed by atoms with Crippen molar-refractivity contribution in [3.63, 3.8) is 0 Å². The summed E-state index contributed by atoms with van der Waals surface area (Å²) in [7, 11) is -2.24. The Balaban J connectivity index is 1.35. The average Bonchev–Trinajstić information content (AvgIpc) is 3.29. The molecule has 3 aromatic rings. The van der Waals surface area contributed by atoms with E-state index in [0.29, 0.717) is 25.5 Å². The lowest BCUT2D eigenvalue weighted by Crippen LogP contribution is -2.43. The van der Waals surface area contributed by atoms with Crippen LogP contribution >= 0.6 is 0 Å². The smallest absolute Gasteiger partial charge is 0.243 e. The number of hydrogen-bond donors (Lipinski definition) is 0. The first-order valence-electron chi connectivity index (χ1n) is 10.5. The zero-order valence-corrected chi connectivity index (χ0v) is 18.9. The predicted octanol–water partition coefficient (Wildman–Crippen LogP) is 3.21. The third-order valence-electron chi connectivity index (χ3n) is 5.78. The van der Waals surface area contributed by atoms with Crippen molar-refractivity contribution in [1.29, 1.82) is 0 Å². The molecule has 0 unspecified atom stereocenters. The number of rotatable bonds is 6. The Kier molecular flexibility index (Phi) is 6.57. The number of aromatic nitrogens is 2. The molecule has 1 aliphatic heterocycles. The van der Waals surface area contributed by atoms with Gasteiger partial charge < -0.3 is 4.90 Å². The van der Waals surface area contributed by atoms with Gasteiger partial charge >= 0.3 is 0 Å². The SMILES string of the molecule is CN(Cc1cnn(-c2ccccc2)c1)C(=O)C1CCN(S(=O)(=O)c2ccc(F)c(F)c2)CC1. The molecule has 1 aromatic heterocycles. The van der Waals surface area contributed by atoms with Crippen molar-refractivity contribution < 1.29 is 22.0 Å². The van der Waals surface area contributed by atoms with Crippen LogP contribution in [0.5, 0.6) is 0 Å². The number of halogens is 2. The standard InChI is InChI=1S/C23H24F2N4O3S/c1-27(15-17-14-26-29(16-17)19-5-3-2-4-6-19)23(30)18-9-11-28(12-10-18)33(31,32)20-7-8-21(24)22(25)13-20/h2-8,13-14,16,18H,9-12,15H2,1H3. The molecule has 10 heteroatoms. The second-order valence-electron chi connectivity index (χ2n) is 8.08. The summed E-state index contributed by atoms with van der Waals surface area (Å²) in [5.74, 6) is -2.68. The number of sulfonamides is 1. The first-order chi connectivity index (χ1) is 15.8. The number of piperidine rings is 1. The molecule has 0 atom stereocenters. The van der Waals surface area contributed by atoms with E-state index in [0.717, 1.165) is 23.4 Å². The van der Waals surface area contributed by atoms with E-state index < -0.39 is 21.7 Å². The molecule has 0 radical (unpaired) electrons. The summed E-state index contributed by atoms with van der Waals surface area (Å²) in [4.78, 5) is 14.3. The van der Waals surface area contributed by atoms with E-state index in [4.69, 9.17) is 0 Å². The Hall–Kier alpha value is -3.11. The van der Waals surface area contributed by atoms with Crippen LogP contribution in [0, 0.1) is 17.6 Å². The van der Waals surface area contributed by atoms with Crippen molar-refractivity contribution in [2.45, 2.75) is 24.3 Å². The minimum absolute atomic E-state index is 0.0627. The highest BCUT2D eigenvalue weighted by Gasteiger charge is 2.33. The maximum atomic E-state index is 13.5. The minimum atomic E-state index is -3.95. The van der Waals surface area contributed by atoms with Crippen molar-refractivity contribution in [1.82, 2.24) is 19.0 Å². The van der Waals surface area contributed by atoms with Gasteiger partial charge in [0.2, 0.25) is 15.9 Å². The summed E-state index contributed by atoms with van der Waals surface area (Å²) in [6.07, 6.45) is 4.30. The van der Waals surface area contributed by atoms with Crippen molar-refractivity contribution in [2.24, 2.45) is 5.92 Å². The zero-order valence-electron chi connectivity index (χ0n) is 18.1. The van der Waals surface area contributed by atoms with Crippen molar-refractivity contribution in [2.75, 3.05) is 20.1 Å². The highest BCUT2D eigenvalue weighted by molar-refractivity contribution is 7.89. The summed E-state index contributed by atoms with van der Waals surface area (Å²) in [6.45, 7) is 0.661. The molecular formula is C23H24F2N4O3S. The molecule has 33 heavy (non-hydrogen) atoms. The summed E-state index contributed by atoms with van der Waals surface area (Å²) in [6, 6.07) is 12.2. The van der Waals surface area contributed by atoms with E-state index in [2.05, 4.69) is 5.10 Å². The minimum Gasteiger partial charge on any atom is -0.341 e. The number of benzene rings is 2. The number of carbonyl (C=O) groups is 1. The molecular weight excluding hydrogens is 450 g/mol. The molecule has 2 heterocycles. The average molecular weight is 475 g/mol. The fourth-order valence-electron chi connectivity index (χ4n) is 3.96. The predicted molar refractivity (Wildman–Crippen MR) is 118 cm³/mol. The normalized spacial score (nSPS) is 15.5. The third kappa shape index (κ3) is 4.96. The maximum absolute atomic E-state index is 13.5. The van der Waals surface area contributed by atoms with Crippen LogP contribution in [0.1, 0.15) is 18.4 Å². The number of para-hydroxylation sites is 1. The quantitative estimate of drug-likeness (QED) is 0.550. The molecule has 0 spiro atoms. The molecule has 0 N–H and O–H groups in total. The van der Waals surface area contributed by atoms with Crippen molar-refractivity contribution in [3.05, 3.63) is 78.1 Å². The molecule has 1 saturated heterocycles. The maximum Gasteiger partial charge on any atom is 0.243 e. The van der Waals surface area contributed by atoms with Gasteiger partial charge in [0.1, 0.15) is 0 Å². The summed E-state index contributed by atoms with van der Waals surface area (Å²) in [5.41, 5.74) is 1.81. The van der Waals surface area contributed by atoms with E-state index in [1.807, 2.05) is 36.5 Å². The van der Waals surface area contributed by atoms with Crippen LogP contribution in [-0.2, 0) is 21.4 Å². The number of amides is 1. The van der Waals surface area contributed by atoms with Crippen molar-refractivity contribution >= 4 is 15.9 Å². The van der Waals surface area contributed by atoms with Gasteiger partial charge in [-0.3, -0.25) is 4.79 Å². The molecule has 174 valence electrons. The Morgan fingerprint density at radius 3 is 2.45 bits per heavy atom. The number of carbonyl (C=O) groups excluding carboxylic acids is 1. The van der Waals surface area contributed by atoms with E-state index >= 15 is 0 Å². The van der Waals surface area contributed by atoms with Gasteiger partial charge in [0.25, 0.3) is 0 Å². The largest absolute Gasteiger partial charge is 0.341 e. The van der Waals surface area contributed by atoms with Crippen LogP contribution < -0.4 is 0 Å². The molecule has 2 aromatic carbocycles. The molecule has 0 bridgehead atoms. The van der Waals surface area contributed by atoms with Crippen LogP contribution in [0.3, 0.4) is 0 Å². The fourth-order valence-corrected chi connectivity index (χ4v) is 5.44. The van der Waals surface area contributed by atoms with Crippen LogP contribution in [0.15, 0.2) is 65.8 Å². The highest BCUT2D eigenvalue weighted by Crippen LogP contribution is 2.26.